The van der Waals surface area contributed by atoms with Gasteiger partial charge in [0.1, 0.15) is 17.4 Å². The van der Waals surface area contributed by atoms with Gasteiger partial charge in [-0.15, -0.1) is 24.0 Å². The molecule has 1 aliphatic heterocycles. The average molecular weight is 504 g/mol. The Bertz CT molecular complexity index is 585. The van der Waals surface area contributed by atoms with Gasteiger partial charge < -0.3 is 19.7 Å². The smallest absolute Gasteiger partial charge is 0.403 e. The quantitative estimate of drug-likeness (QED) is 0.367. The van der Waals surface area contributed by atoms with E-state index in [2.05, 4.69) is 10.3 Å². The molecule has 1 saturated heterocycles. The fourth-order valence-electron chi connectivity index (χ4n) is 2.85. The lowest BCUT2D eigenvalue weighted by Gasteiger charge is -2.39. The summed E-state index contributed by atoms with van der Waals surface area (Å²) in [5.74, 6) is 1.000. The molecule has 0 aromatic carbocycles. The van der Waals surface area contributed by atoms with Crippen LogP contribution in [0.2, 0.25) is 0 Å². The summed E-state index contributed by atoms with van der Waals surface area (Å²) in [6, 6.07) is 1.92. The molecule has 0 amide bonds. The van der Waals surface area contributed by atoms with E-state index in [-0.39, 0.29) is 30.5 Å². The van der Waals surface area contributed by atoms with E-state index >= 15 is 0 Å². The van der Waals surface area contributed by atoms with E-state index in [1.807, 2.05) is 11.8 Å². The molecule has 1 aliphatic rings. The molecule has 2 N–H and O–H groups in total. The Morgan fingerprint density at radius 3 is 2.44 bits per heavy atom. The summed E-state index contributed by atoms with van der Waals surface area (Å²) in [6.07, 6.45) is -2.73. The van der Waals surface area contributed by atoms with Gasteiger partial charge in [-0.25, -0.2) is 4.99 Å². The third-order valence-electron chi connectivity index (χ3n) is 4.56. The zero-order valence-corrected chi connectivity index (χ0v) is 18.1. The molecule has 10 heteroatoms. The predicted molar refractivity (Wildman–Crippen MR) is 108 cm³/mol. The van der Waals surface area contributed by atoms with Gasteiger partial charge in [0.2, 0.25) is 0 Å². The van der Waals surface area contributed by atoms with E-state index in [0.29, 0.717) is 44.4 Å². The number of piperazine rings is 1. The van der Waals surface area contributed by atoms with Crippen LogP contribution in [0.4, 0.5) is 13.2 Å². The fourth-order valence-corrected chi connectivity index (χ4v) is 2.85. The number of aliphatic hydroxyl groups is 1. The van der Waals surface area contributed by atoms with Crippen molar-refractivity contribution in [2.75, 3.05) is 39.3 Å². The summed E-state index contributed by atoms with van der Waals surface area (Å²) in [4.78, 5) is 7.81. The van der Waals surface area contributed by atoms with Gasteiger partial charge in [0, 0.05) is 32.7 Å². The highest BCUT2D eigenvalue weighted by Gasteiger charge is 2.41. The molecule has 0 bridgehead atoms. The minimum atomic E-state index is -4.22. The zero-order valence-electron chi connectivity index (χ0n) is 15.8. The Balaban J connectivity index is 0.00000364. The summed E-state index contributed by atoms with van der Waals surface area (Å²) >= 11 is 0. The van der Waals surface area contributed by atoms with Crippen molar-refractivity contribution in [2.45, 2.75) is 38.6 Å². The van der Waals surface area contributed by atoms with Gasteiger partial charge in [-0.2, -0.15) is 13.2 Å². The normalized spacial score (nSPS) is 20.0. The number of rotatable bonds is 5. The molecule has 156 valence electrons. The van der Waals surface area contributed by atoms with Gasteiger partial charge >= 0.3 is 6.18 Å². The van der Waals surface area contributed by atoms with Crippen LogP contribution in [0.3, 0.4) is 0 Å². The van der Waals surface area contributed by atoms with E-state index < -0.39 is 17.8 Å². The summed E-state index contributed by atoms with van der Waals surface area (Å²) < 4.78 is 43.8. The van der Waals surface area contributed by atoms with Crippen molar-refractivity contribution in [3.63, 3.8) is 0 Å². The molecule has 27 heavy (non-hydrogen) atoms. The second-order valence-electron chi connectivity index (χ2n) is 6.66. The number of halogens is 4. The monoisotopic (exact) mass is 504 g/mol. The van der Waals surface area contributed by atoms with Crippen molar-refractivity contribution in [1.82, 2.24) is 15.1 Å². The molecule has 0 spiro atoms. The first-order chi connectivity index (χ1) is 12.1. The summed E-state index contributed by atoms with van der Waals surface area (Å²) in [6.45, 7) is 6.92. The second kappa shape index (κ2) is 9.97. The van der Waals surface area contributed by atoms with Crippen LogP contribution in [0, 0.1) is 0 Å². The van der Waals surface area contributed by atoms with Crippen molar-refractivity contribution in [3.05, 3.63) is 24.2 Å². The summed E-state index contributed by atoms with van der Waals surface area (Å²) in [5, 5.41) is 13.7. The number of nitrogens with one attached hydrogen (secondary N) is 1. The number of alkyl halides is 3. The van der Waals surface area contributed by atoms with Crippen LogP contribution in [0.25, 0.3) is 0 Å². The molecule has 1 aromatic heterocycles. The van der Waals surface area contributed by atoms with Crippen molar-refractivity contribution < 1.29 is 22.7 Å². The minimum Gasteiger partial charge on any atom is -0.466 e. The van der Waals surface area contributed by atoms with E-state index in [9.17, 15) is 18.3 Å². The van der Waals surface area contributed by atoms with Crippen LogP contribution < -0.4 is 5.32 Å². The first kappa shape index (κ1) is 24.0. The highest BCUT2D eigenvalue weighted by Crippen LogP contribution is 2.25. The molecule has 6 nitrogen and oxygen atoms in total. The van der Waals surface area contributed by atoms with Gasteiger partial charge in [-0.1, -0.05) is 0 Å². The average Bonchev–Trinajstić information content (AvgIpc) is 3.13. The van der Waals surface area contributed by atoms with Gasteiger partial charge in [0.25, 0.3) is 0 Å². The van der Waals surface area contributed by atoms with Crippen molar-refractivity contribution in [3.8, 4) is 0 Å². The SMILES string of the molecule is CCNC(=NCC(C)(O)c1ccco1)N1CCN(C(C)C(F)(F)F)CC1.I. The number of nitrogens with zero attached hydrogens (tertiary/aromatic N) is 3. The number of furan rings is 1. The zero-order chi connectivity index (χ0) is 19.4. The minimum absolute atomic E-state index is 0. The lowest BCUT2D eigenvalue weighted by Crippen LogP contribution is -2.56. The Hall–Kier alpha value is -1.01. The number of hydrogen-bond donors (Lipinski definition) is 2. The van der Waals surface area contributed by atoms with Crippen LogP contribution >= 0.6 is 24.0 Å². The second-order valence-corrected chi connectivity index (χ2v) is 6.66. The largest absolute Gasteiger partial charge is 0.466 e. The van der Waals surface area contributed by atoms with E-state index in [0.717, 1.165) is 0 Å². The fraction of sp³-hybridized carbons (Fsp3) is 0.706. The molecule has 1 aromatic rings. The molecule has 2 unspecified atom stereocenters. The van der Waals surface area contributed by atoms with Crippen molar-refractivity contribution >= 4 is 29.9 Å². The van der Waals surface area contributed by atoms with Crippen LogP contribution in [0.15, 0.2) is 27.8 Å². The van der Waals surface area contributed by atoms with Gasteiger partial charge in [-0.05, 0) is 32.9 Å². The number of guanidine groups is 1. The molecular formula is C17H28F3IN4O2. The number of aliphatic imine (C=N–C) groups is 1. The van der Waals surface area contributed by atoms with Crippen molar-refractivity contribution in [1.29, 1.82) is 0 Å². The third-order valence-corrected chi connectivity index (χ3v) is 4.56. The highest BCUT2D eigenvalue weighted by atomic mass is 127. The number of hydrogen-bond acceptors (Lipinski definition) is 4. The summed E-state index contributed by atoms with van der Waals surface area (Å²) in [5.41, 5.74) is -1.25. The van der Waals surface area contributed by atoms with E-state index in [1.54, 1.807) is 19.1 Å². The maximum Gasteiger partial charge on any atom is 0.403 e. The van der Waals surface area contributed by atoms with Crippen LogP contribution in [0.5, 0.6) is 0 Å². The molecule has 1 fully saturated rings. The molecule has 0 radical (unpaired) electrons. The Kier molecular flexibility index (Phi) is 8.87. The molecular weight excluding hydrogens is 476 g/mol. The standard InChI is InChI=1S/C17H27F3N4O2.HI/c1-4-21-15(22-12-16(3,25)14-6-5-11-26-14)24-9-7-23(8-10-24)13(2)17(18,19)20;/h5-6,11,13,25H,4,7-10,12H2,1-3H3,(H,21,22);1H. The summed E-state index contributed by atoms with van der Waals surface area (Å²) in [7, 11) is 0. The van der Waals surface area contributed by atoms with Gasteiger partial charge in [0.15, 0.2) is 5.96 Å². The Morgan fingerprint density at radius 2 is 1.96 bits per heavy atom. The van der Waals surface area contributed by atoms with Crippen LogP contribution in [0.1, 0.15) is 26.5 Å². The Morgan fingerprint density at radius 1 is 1.33 bits per heavy atom. The van der Waals surface area contributed by atoms with Gasteiger partial charge in [0.05, 0.1) is 12.8 Å². The molecule has 2 atom stereocenters. The van der Waals surface area contributed by atoms with Crippen LogP contribution in [-0.2, 0) is 5.60 Å². The van der Waals surface area contributed by atoms with Crippen molar-refractivity contribution in [2.24, 2.45) is 4.99 Å². The molecule has 0 saturated carbocycles. The Labute approximate surface area is 174 Å². The first-order valence-electron chi connectivity index (χ1n) is 8.75. The lowest BCUT2D eigenvalue weighted by molar-refractivity contribution is -0.181. The third kappa shape index (κ3) is 6.53. The molecule has 2 rings (SSSR count). The lowest BCUT2D eigenvalue weighted by atomic mass is 10.0. The first-order valence-corrected chi connectivity index (χ1v) is 8.75. The maximum absolute atomic E-state index is 12.9. The topological polar surface area (TPSA) is 64.2 Å². The van der Waals surface area contributed by atoms with E-state index in [4.69, 9.17) is 4.42 Å². The highest BCUT2D eigenvalue weighted by molar-refractivity contribution is 14.0. The molecule has 2 heterocycles. The van der Waals surface area contributed by atoms with E-state index in [1.165, 1.54) is 18.1 Å². The maximum atomic E-state index is 12.9. The van der Waals surface area contributed by atoms with Crippen LogP contribution in [-0.4, -0.2) is 72.4 Å². The van der Waals surface area contributed by atoms with Gasteiger partial charge in [-0.3, -0.25) is 4.90 Å². The predicted octanol–water partition coefficient (Wildman–Crippen LogP) is 2.64. The molecule has 0 aliphatic carbocycles.